The van der Waals surface area contributed by atoms with Crippen LogP contribution in [0.3, 0.4) is 0 Å². The van der Waals surface area contributed by atoms with Gasteiger partial charge in [-0.2, -0.15) is 10.2 Å². The molecule has 1 aliphatic rings. The summed E-state index contributed by atoms with van der Waals surface area (Å²) in [5.41, 5.74) is 5.99. The van der Waals surface area contributed by atoms with Crippen molar-refractivity contribution >= 4 is 35.3 Å². The van der Waals surface area contributed by atoms with Crippen molar-refractivity contribution in [3.63, 3.8) is 0 Å². The zero-order chi connectivity index (χ0) is 14.5. The van der Waals surface area contributed by atoms with Crippen LogP contribution in [0.4, 0.5) is 0 Å². The van der Waals surface area contributed by atoms with Crippen molar-refractivity contribution in [2.75, 3.05) is 0 Å². The second-order valence-corrected chi connectivity index (χ2v) is 4.71. The van der Waals surface area contributed by atoms with Crippen LogP contribution in [0, 0.1) is 5.92 Å². The lowest BCUT2D eigenvalue weighted by Gasteiger charge is -2.05. The molecule has 0 saturated heterocycles. The van der Waals surface area contributed by atoms with Crippen molar-refractivity contribution in [1.82, 2.24) is 10.9 Å². The average Bonchev–Trinajstić information content (AvgIpc) is 2.73. The maximum Gasteiger partial charge on any atom is 0.249 e. The smallest absolute Gasteiger partial charge is 0.249 e. The predicted octanol–water partition coefficient (Wildman–Crippen LogP) is 1.30. The first-order valence-corrected chi connectivity index (χ1v) is 6.36. The van der Waals surface area contributed by atoms with Crippen LogP contribution in [-0.4, -0.2) is 23.7 Å². The summed E-state index contributed by atoms with van der Waals surface area (Å²) in [5, 5.41) is 8.13. The summed E-state index contributed by atoms with van der Waals surface area (Å²) >= 11 is 5.94. The third kappa shape index (κ3) is 3.42. The van der Waals surface area contributed by atoms with Gasteiger partial charge >= 0.3 is 0 Å². The minimum atomic E-state index is -0.523. The van der Waals surface area contributed by atoms with Crippen LogP contribution in [0.15, 0.2) is 34.5 Å². The van der Waals surface area contributed by atoms with Gasteiger partial charge in [-0.3, -0.25) is 9.59 Å². The van der Waals surface area contributed by atoms with E-state index < -0.39 is 5.92 Å². The molecule has 2 amide bonds. The number of nitrogens with one attached hydrogen (secondary N) is 2. The lowest BCUT2D eigenvalue weighted by atomic mass is 10.0. The minimum Gasteiger partial charge on any atom is -0.273 e. The first-order valence-electron chi connectivity index (χ1n) is 5.98. The van der Waals surface area contributed by atoms with E-state index in [1.54, 1.807) is 25.1 Å². The first kappa shape index (κ1) is 14.2. The van der Waals surface area contributed by atoms with Gasteiger partial charge in [-0.25, -0.2) is 10.9 Å². The molecule has 104 valence electrons. The van der Waals surface area contributed by atoms with E-state index in [-0.39, 0.29) is 18.2 Å². The number of benzene rings is 1. The van der Waals surface area contributed by atoms with Crippen LogP contribution in [0.25, 0.3) is 0 Å². The maximum atomic E-state index is 11.7. The Morgan fingerprint density at radius 3 is 2.95 bits per heavy atom. The molecule has 6 nitrogen and oxygen atoms in total. The molecule has 0 spiro atoms. The summed E-state index contributed by atoms with van der Waals surface area (Å²) in [6, 6.07) is 7.13. The lowest BCUT2D eigenvalue weighted by molar-refractivity contribution is -0.127. The maximum absolute atomic E-state index is 11.7. The third-order valence-corrected chi connectivity index (χ3v) is 3.20. The number of carbonyl (C=O) groups excluding carboxylic acids is 2. The number of hydrogen-bond donors (Lipinski definition) is 2. The van der Waals surface area contributed by atoms with Gasteiger partial charge in [-0.15, -0.1) is 0 Å². The molecule has 20 heavy (non-hydrogen) atoms. The Balaban J connectivity index is 1.88. The first-order chi connectivity index (χ1) is 9.58. The molecule has 1 unspecified atom stereocenters. The lowest BCUT2D eigenvalue weighted by Crippen LogP contribution is -2.29. The Bertz CT molecular complexity index is 598. The molecule has 2 N–H and O–H groups in total. The van der Waals surface area contributed by atoms with Crippen LogP contribution in [0.1, 0.15) is 18.9 Å². The van der Waals surface area contributed by atoms with Crippen molar-refractivity contribution in [2.45, 2.75) is 13.3 Å². The quantitative estimate of drug-likeness (QED) is 0.648. The van der Waals surface area contributed by atoms with Crippen LogP contribution in [0.2, 0.25) is 5.02 Å². The van der Waals surface area contributed by atoms with E-state index in [0.29, 0.717) is 16.3 Å². The number of halogens is 1. The molecule has 0 bridgehead atoms. The average molecular weight is 293 g/mol. The van der Waals surface area contributed by atoms with Crippen LogP contribution in [-0.2, 0) is 9.59 Å². The van der Waals surface area contributed by atoms with Gasteiger partial charge in [0.05, 0.1) is 12.1 Å². The van der Waals surface area contributed by atoms with E-state index in [2.05, 4.69) is 21.1 Å². The molecule has 2 rings (SSSR count). The third-order valence-electron chi connectivity index (χ3n) is 2.85. The van der Waals surface area contributed by atoms with Crippen LogP contribution in [0.5, 0.6) is 0 Å². The van der Waals surface area contributed by atoms with Crippen LogP contribution >= 0.6 is 11.6 Å². The Hall–Kier alpha value is -2.21. The molecule has 1 aliphatic heterocycles. The monoisotopic (exact) mass is 292 g/mol. The van der Waals surface area contributed by atoms with Crippen molar-refractivity contribution in [3.8, 4) is 0 Å². The van der Waals surface area contributed by atoms with Crippen molar-refractivity contribution in [1.29, 1.82) is 0 Å². The summed E-state index contributed by atoms with van der Waals surface area (Å²) in [4.78, 5) is 23.1. The van der Waals surface area contributed by atoms with Crippen molar-refractivity contribution < 1.29 is 9.59 Å². The molecule has 0 aromatic heterocycles. The normalized spacial score (nSPS) is 18.0. The largest absolute Gasteiger partial charge is 0.273 e. The molecule has 1 aromatic rings. The van der Waals surface area contributed by atoms with E-state index in [9.17, 15) is 9.59 Å². The number of amides is 2. The van der Waals surface area contributed by atoms with Gasteiger partial charge in [0.2, 0.25) is 11.8 Å². The summed E-state index contributed by atoms with van der Waals surface area (Å²) in [6.07, 6.45) is 1.47. The standard InChI is InChI=1S/C13H13ClN4O2/c1-8-10(13(20)18-16-8)6-12(19)17-15-7-9-4-2-3-5-11(9)14/h2-5,7,10H,6H2,1H3,(H,17,19)(H,18,20). The van der Waals surface area contributed by atoms with Gasteiger partial charge in [0.25, 0.3) is 0 Å². The zero-order valence-corrected chi connectivity index (χ0v) is 11.5. The fourth-order valence-corrected chi connectivity index (χ4v) is 1.90. The molecule has 0 radical (unpaired) electrons. The van der Waals surface area contributed by atoms with Crippen molar-refractivity contribution in [2.24, 2.45) is 16.1 Å². The molecule has 0 saturated carbocycles. The van der Waals surface area contributed by atoms with E-state index in [0.717, 1.165) is 0 Å². The Labute approximate surface area is 120 Å². The van der Waals surface area contributed by atoms with E-state index in [1.807, 2.05) is 6.07 Å². The second-order valence-electron chi connectivity index (χ2n) is 4.30. The predicted molar refractivity (Wildman–Crippen MR) is 76.5 cm³/mol. The minimum absolute atomic E-state index is 0.0149. The van der Waals surface area contributed by atoms with Gasteiger partial charge < -0.3 is 0 Å². The molecule has 7 heteroatoms. The Morgan fingerprint density at radius 1 is 1.55 bits per heavy atom. The highest BCUT2D eigenvalue weighted by Crippen LogP contribution is 2.13. The fraction of sp³-hybridized carbons (Fsp3) is 0.231. The number of hydrazone groups is 2. The van der Waals surface area contributed by atoms with Gasteiger partial charge in [-0.05, 0) is 13.0 Å². The molecule has 0 aliphatic carbocycles. The summed E-state index contributed by atoms with van der Waals surface area (Å²) in [5.74, 6) is -1.15. The number of rotatable bonds is 4. The second kappa shape index (κ2) is 6.29. The Kier molecular flexibility index (Phi) is 4.47. The highest BCUT2D eigenvalue weighted by atomic mass is 35.5. The number of nitrogens with zero attached hydrogens (tertiary/aromatic N) is 2. The summed E-state index contributed by atoms with van der Waals surface area (Å²) in [6.45, 7) is 1.70. The highest BCUT2D eigenvalue weighted by molar-refractivity contribution is 6.33. The highest BCUT2D eigenvalue weighted by Gasteiger charge is 2.28. The molecule has 1 heterocycles. The summed E-state index contributed by atoms with van der Waals surface area (Å²) in [7, 11) is 0. The van der Waals surface area contributed by atoms with Gasteiger partial charge in [0.1, 0.15) is 0 Å². The number of carbonyl (C=O) groups is 2. The van der Waals surface area contributed by atoms with E-state index >= 15 is 0 Å². The summed E-state index contributed by atoms with van der Waals surface area (Å²) < 4.78 is 0. The molecule has 1 atom stereocenters. The fourth-order valence-electron chi connectivity index (χ4n) is 1.71. The van der Waals surface area contributed by atoms with Crippen LogP contribution < -0.4 is 10.9 Å². The zero-order valence-electron chi connectivity index (χ0n) is 10.8. The SMILES string of the molecule is CC1=NNC(=O)C1CC(=O)NN=Cc1ccccc1Cl. The van der Waals surface area contributed by atoms with Gasteiger partial charge in [0.15, 0.2) is 0 Å². The molecular formula is C13H13ClN4O2. The van der Waals surface area contributed by atoms with Crippen molar-refractivity contribution in [3.05, 3.63) is 34.9 Å². The molecule has 1 aromatic carbocycles. The topological polar surface area (TPSA) is 82.9 Å². The Morgan fingerprint density at radius 2 is 2.30 bits per heavy atom. The number of hydrogen-bond acceptors (Lipinski definition) is 4. The van der Waals surface area contributed by atoms with Gasteiger partial charge in [0, 0.05) is 22.7 Å². The van der Waals surface area contributed by atoms with E-state index in [4.69, 9.17) is 11.6 Å². The van der Waals surface area contributed by atoms with E-state index in [1.165, 1.54) is 6.21 Å². The van der Waals surface area contributed by atoms with Gasteiger partial charge in [-0.1, -0.05) is 29.8 Å². The molecule has 0 fully saturated rings. The molecular weight excluding hydrogens is 280 g/mol.